The molecule has 4 nitrogen and oxygen atoms in total. The van der Waals surface area contributed by atoms with Crippen molar-refractivity contribution >= 4 is 24.0 Å². The molecule has 2 aromatic carbocycles. The molecule has 1 amide bonds. The van der Waals surface area contributed by atoms with E-state index in [1.807, 2.05) is 19.1 Å². The van der Waals surface area contributed by atoms with Crippen molar-refractivity contribution in [2.75, 3.05) is 12.4 Å². The molecule has 1 N–H and O–H groups in total. The molecule has 0 heterocycles. The summed E-state index contributed by atoms with van der Waals surface area (Å²) in [5.74, 6) is 0.646. The highest BCUT2D eigenvalue weighted by molar-refractivity contribution is 6.08. The van der Waals surface area contributed by atoms with Gasteiger partial charge in [0.05, 0.1) is 12.8 Å². The lowest BCUT2D eigenvalue weighted by molar-refractivity contribution is -0.112. The lowest BCUT2D eigenvalue weighted by atomic mass is 9.90. The van der Waals surface area contributed by atoms with Gasteiger partial charge in [0.15, 0.2) is 6.29 Å². The summed E-state index contributed by atoms with van der Waals surface area (Å²) >= 11 is 0. The number of aryl methyl sites for hydroxylation is 2. The van der Waals surface area contributed by atoms with Crippen molar-refractivity contribution in [2.45, 2.75) is 19.8 Å². The van der Waals surface area contributed by atoms with E-state index in [1.54, 1.807) is 31.4 Å². The van der Waals surface area contributed by atoms with Crippen LogP contribution in [0.1, 0.15) is 33.5 Å². The van der Waals surface area contributed by atoms with Gasteiger partial charge in [-0.1, -0.05) is 18.2 Å². The highest BCUT2D eigenvalue weighted by Gasteiger charge is 2.18. The number of anilines is 1. The minimum absolute atomic E-state index is 0.172. The van der Waals surface area contributed by atoms with Crippen molar-refractivity contribution < 1.29 is 14.3 Å². The van der Waals surface area contributed by atoms with Gasteiger partial charge in [0, 0.05) is 11.1 Å². The van der Waals surface area contributed by atoms with E-state index in [0.29, 0.717) is 23.2 Å². The smallest absolute Gasteiger partial charge is 0.251 e. The summed E-state index contributed by atoms with van der Waals surface area (Å²) in [4.78, 5) is 23.6. The van der Waals surface area contributed by atoms with Crippen molar-refractivity contribution in [1.29, 1.82) is 0 Å². The number of aldehydes is 1. The molecular formula is C20H19NO3. The Morgan fingerprint density at radius 2 is 2.00 bits per heavy atom. The molecule has 122 valence electrons. The first kappa shape index (κ1) is 16.0. The highest BCUT2D eigenvalue weighted by Crippen LogP contribution is 2.30. The number of carbonyl (C=O) groups excluding carboxylic acids is 2. The van der Waals surface area contributed by atoms with Crippen LogP contribution < -0.4 is 10.1 Å². The van der Waals surface area contributed by atoms with Gasteiger partial charge in [-0.15, -0.1) is 0 Å². The number of para-hydroxylation sites is 1. The van der Waals surface area contributed by atoms with Gasteiger partial charge in [-0.2, -0.15) is 0 Å². The Kier molecular flexibility index (Phi) is 4.47. The van der Waals surface area contributed by atoms with Gasteiger partial charge in [-0.05, 0) is 60.7 Å². The number of rotatable bonds is 4. The van der Waals surface area contributed by atoms with Crippen molar-refractivity contribution in [3.63, 3.8) is 0 Å². The van der Waals surface area contributed by atoms with Gasteiger partial charge < -0.3 is 10.1 Å². The quantitative estimate of drug-likeness (QED) is 0.872. The van der Waals surface area contributed by atoms with Crippen molar-refractivity contribution in [3.8, 4) is 5.75 Å². The van der Waals surface area contributed by atoms with E-state index in [2.05, 4.69) is 11.4 Å². The zero-order chi connectivity index (χ0) is 17.1. The predicted molar refractivity (Wildman–Crippen MR) is 94.5 cm³/mol. The molecule has 0 spiro atoms. The molecule has 0 saturated carbocycles. The van der Waals surface area contributed by atoms with Crippen LogP contribution in [0.15, 0.2) is 42.0 Å². The van der Waals surface area contributed by atoms with Crippen LogP contribution in [0.2, 0.25) is 0 Å². The highest BCUT2D eigenvalue weighted by atomic mass is 16.5. The number of fused-ring (bicyclic) bond motifs is 1. The number of hydrogen-bond donors (Lipinski definition) is 1. The first-order valence-corrected chi connectivity index (χ1v) is 7.86. The summed E-state index contributed by atoms with van der Waals surface area (Å²) in [5.41, 5.74) is 5.04. The molecule has 4 heteroatoms. The maximum Gasteiger partial charge on any atom is 0.251 e. The fraction of sp³-hybridized carbons (Fsp3) is 0.200. The van der Waals surface area contributed by atoms with Crippen molar-refractivity contribution in [2.24, 2.45) is 0 Å². The summed E-state index contributed by atoms with van der Waals surface area (Å²) in [7, 11) is 1.64. The Bertz CT molecular complexity index is 837. The van der Waals surface area contributed by atoms with Crippen LogP contribution in [0.25, 0.3) is 6.08 Å². The second-order valence-electron chi connectivity index (χ2n) is 5.85. The van der Waals surface area contributed by atoms with Crippen molar-refractivity contribution in [3.05, 3.63) is 64.2 Å². The van der Waals surface area contributed by atoms with E-state index in [-0.39, 0.29) is 5.91 Å². The third-order valence-electron chi connectivity index (χ3n) is 4.28. The Labute approximate surface area is 141 Å². The maximum atomic E-state index is 12.5. The molecule has 3 rings (SSSR count). The summed E-state index contributed by atoms with van der Waals surface area (Å²) < 4.78 is 5.36. The Balaban J connectivity index is 1.87. The zero-order valence-electron chi connectivity index (χ0n) is 13.8. The van der Waals surface area contributed by atoms with Gasteiger partial charge in [-0.25, -0.2) is 0 Å². The van der Waals surface area contributed by atoms with E-state index >= 15 is 0 Å². The Morgan fingerprint density at radius 1 is 1.21 bits per heavy atom. The average molecular weight is 321 g/mol. The summed E-state index contributed by atoms with van der Waals surface area (Å²) in [6.45, 7) is 2.02. The van der Waals surface area contributed by atoms with Crippen LogP contribution in [0.3, 0.4) is 0 Å². The van der Waals surface area contributed by atoms with E-state index in [1.165, 1.54) is 5.56 Å². The van der Waals surface area contributed by atoms with E-state index in [0.717, 1.165) is 29.6 Å². The molecule has 24 heavy (non-hydrogen) atoms. The first-order chi connectivity index (χ1) is 11.6. The SMILES string of the molecule is COc1cc2c(cc1C)CCC(C(=O)Nc1ccccc1C=O)=C2. The number of methoxy groups -OCH3 is 1. The van der Waals surface area contributed by atoms with Gasteiger partial charge in [0.25, 0.3) is 5.91 Å². The molecule has 0 unspecified atom stereocenters. The number of amides is 1. The lowest BCUT2D eigenvalue weighted by Gasteiger charge is -2.18. The first-order valence-electron chi connectivity index (χ1n) is 7.86. The number of ether oxygens (including phenoxy) is 1. The average Bonchev–Trinajstić information content (AvgIpc) is 2.61. The maximum absolute atomic E-state index is 12.5. The fourth-order valence-corrected chi connectivity index (χ4v) is 2.96. The van der Waals surface area contributed by atoms with Gasteiger partial charge >= 0.3 is 0 Å². The number of hydrogen-bond acceptors (Lipinski definition) is 3. The van der Waals surface area contributed by atoms with E-state index in [4.69, 9.17) is 4.74 Å². The minimum atomic E-state index is -0.172. The minimum Gasteiger partial charge on any atom is -0.496 e. The summed E-state index contributed by atoms with van der Waals surface area (Å²) in [5, 5.41) is 2.83. The molecule has 0 aliphatic heterocycles. The lowest BCUT2D eigenvalue weighted by Crippen LogP contribution is -2.18. The van der Waals surface area contributed by atoms with Crippen LogP contribution in [0.4, 0.5) is 5.69 Å². The molecular weight excluding hydrogens is 302 g/mol. The molecule has 0 bridgehead atoms. The van der Waals surface area contributed by atoms with Gasteiger partial charge in [0.1, 0.15) is 5.75 Å². The Hall–Kier alpha value is -2.88. The van der Waals surface area contributed by atoms with Crippen LogP contribution in [0.5, 0.6) is 5.75 Å². The second-order valence-corrected chi connectivity index (χ2v) is 5.85. The molecule has 0 radical (unpaired) electrons. The number of carbonyl (C=O) groups is 2. The monoisotopic (exact) mass is 321 g/mol. The van der Waals surface area contributed by atoms with Crippen molar-refractivity contribution in [1.82, 2.24) is 0 Å². The molecule has 0 fully saturated rings. The fourth-order valence-electron chi connectivity index (χ4n) is 2.96. The third kappa shape index (κ3) is 3.08. The third-order valence-corrected chi connectivity index (χ3v) is 4.28. The largest absolute Gasteiger partial charge is 0.496 e. The normalized spacial score (nSPS) is 12.8. The van der Waals surface area contributed by atoms with Crippen LogP contribution in [-0.4, -0.2) is 19.3 Å². The molecule has 1 aliphatic rings. The molecule has 0 atom stereocenters. The van der Waals surface area contributed by atoms with Crippen LogP contribution >= 0.6 is 0 Å². The van der Waals surface area contributed by atoms with E-state index < -0.39 is 0 Å². The predicted octanol–water partition coefficient (Wildman–Crippen LogP) is 3.78. The van der Waals surface area contributed by atoms with E-state index in [9.17, 15) is 9.59 Å². The van der Waals surface area contributed by atoms with Crippen LogP contribution in [0, 0.1) is 6.92 Å². The topological polar surface area (TPSA) is 55.4 Å². The molecule has 0 aromatic heterocycles. The number of benzene rings is 2. The zero-order valence-corrected chi connectivity index (χ0v) is 13.8. The Morgan fingerprint density at radius 3 is 2.75 bits per heavy atom. The number of nitrogens with one attached hydrogen (secondary N) is 1. The molecule has 0 saturated heterocycles. The molecule has 2 aromatic rings. The summed E-state index contributed by atoms with van der Waals surface area (Å²) in [6.07, 6.45) is 4.13. The van der Waals surface area contributed by atoms with Gasteiger partial charge in [0.2, 0.25) is 0 Å². The van der Waals surface area contributed by atoms with Crippen LogP contribution in [-0.2, 0) is 11.2 Å². The second kappa shape index (κ2) is 6.71. The summed E-state index contributed by atoms with van der Waals surface area (Å²) in [6, 6.07) is 11.1. The van der Waals surface area contributed by atoms with Gasteiger partial charge in [-0.3, -0.25) is 9.59 Å². The molecule has 1 aliphatic carbocycles. The standard InChI is InChI=1S/C20H19NO3/c1-13-9-14-7-8-15(10-17(14)11-19(13)24-2)20(23)21-18-6-4-3-5-16(18)12-22/h3-6,9-12H,7-8H2,1-2H3,(H,21,23).